The smallest absolute Gasteiger partial charge is 0.339 e. The number of rotatable bonds is 4. The van der Waals surface area contributed by atoms with Crippen LogP contribution in [0.5, 0.6) is 0 Å². The molecule has 110 valence electrons. The molecule has 0 saturated heterocycles. The molecule has 0 spiro atoms. The second-order valence-corrected chi connectivity index (χ2v) is 5.58. The maximum Gasteiger partial charge on any atom is 0.339 e. The highest BCUT2D eigenvalue weighted by atomic mass is 32.1. The van der Waals surface area contributed by atoms with Crippen LogP contribution in [0, 0.1) is 0 Å². The fraction of sp³-hybridized carbons (Fsp3) is 0.267. The summed E-state index contributed by atoms with van der Waals surface area (Å²) in [5.74, 6) is -0.554. The molecule has 0 fully saturated rings. The van der Waals surface area contributed by atoms with Gasteiger partial charge in [0.2, 0.25) is 0 Å². The molecule has 21 heavy (non-hydrogen) atoms. The Kier molecular flexibility index (Phi) is 4.70. The van der Waals surface area contributed by atoms with Crippen molar-refractivity contribution in [3.8, 4) is 0 Å². The maximum atomic E-state index is 12.2. The fourth-order valence-electron chi connectivity index (χ4n) is 1.71. The number of anilines is 1. The molecule has 0 aliphatic rings. The van der Waals surface area contributed by atoms with Crippen molar-refractivity contribution in [2.24, 2.45) is 0 Å². The number of nitrogens with one attached hydrogen (secondary N) is 1. The van der Waals surface area contributed by atoms with Crippen molar-refractivity contribution in [1.29, 1.82) is 0 Å². The van der Waals surface area contributed by atoms with Crippen molar-refractivity contribution in [1.82, 2.24) is 4.98 Å². The van der Waals surface area contributed by atoms with E-state index in [4.69, 9.17) is 4.74 Å². The largest absolute Gasteiger partial charge is 0.465 e. The van der Waals surface area contributed by atoms with E-state index in [1.54, 1.807) is 24.3 Å². The molecule has 1 N–H and O–H groups in total. The van der Waals surface area contributed by atoms with Crippen molar-refractivity contribution < 1.29 is 14.3 Å². The lowest BCUT2D eigenvalue weighted by molar-refractivity contribution is 0.0602. The molecule has 0 atom stereocenters. The Morgan fingerprint density at radius 2 is 2.00 bits per heavy atom. The predicted molar refractivity (Wildman–Crippen MR) is 81.9 cm³/mol. The zero-order chi connectivity index (χ0) is 15.4. The molecular weight excluding hydrogens is 288 g/mol. The molecule has 0 radical (unpaired) electrons. The first-order chi connectivity index (χ1) is 10.0. The van der Waals surface area contributed by atoms with Gasteiger partial charge in [0.05, 0.1) is 24.1 Å². The third-order valence-electron chi connectivity index (χ3n) is 2.89. The fourth-order valence-corrected chi connectivity index (χ4v) is 2.58. The quantitative estimate of drug-likeness (QED) is 0.880. The number of benzene rings is 1. The van der Waals surface area contributed by atoms with Crippen LogP contribution in [0.2, 0.25) is 0 Å². The van der Waals surface area contributed by atoms with Gasteiger partial charge in [0, 0.05) is 5.38 Å². The van der Waals surface area contributed by atoms with Gasteiger partial charge in [-0.15, -0.1) is 11.3 Å². The van der Waals surface area contributed by atoms with E-state index in [-0.39, 0.29) is 11.8 Å². The number of carbonyl (C=O) groups excluding carboxylic acids is 2. The van der Waals surface area contributed by atoms with Crippen LogP contribution in [-0.2, 0) is 4.74 Å². The molecule has 0 unspecified atom stereocenters. The van der Waals surface area contributed by atoms with Gasteiger partial charge in [-0.05, 0) is 18.1 Å². The lowest BCUT2D eigenvalue weighted by Gasteiger charge is -2.08. The molecule has 0 aliphatic heterocycles. The summed E-state index contributed by atoms with van der Waals surface area (Å²) in [6, 6.07) is 6.70. The summed E-state index contributed by atoms with van der Waals surface area (Å²) in [5.41, 5.74) is 1.61. The van der Waals surface area contributed by atoms with E-state index in [1.165, 1.54) is 18.4 Å². The number of esters is 1. The van der Waals surface area contributed by atoms with Gasteiger partial charge < -0.3 is 10.1 Å². The van der Waals surface area contributed by atoms with Crippen molar-refractivity contribution in [2.75, 3.05) is 12.4 Å². The molecule has 0 bridgehead atoms. The zero-order valence-electron chi connectivity index (χ0n) is 12.0. The number of hydrogen-bond acceptors (Lipinski definition) is 5. The van der Waals surface area contributed by atoms with Crippen molar-refractivity contribution >= 4 is 28.9 Å². The summed E-state index contributed by atoms with van der Waals surface area (Å²) in [4.78, 5) is 28.1. The lowest BCUT2D eigenvalue weighted by Crippen LogP contribution is -2.15. The minimum Gasteiger partial charge on any atom is -0.465 e. The molecule has 2 rings (SSSR count). The molecular formula is C15H16N2O3S. The van der Waals surface area contributed by atoms with Crippen LogP contribution in [-0.4, -0.2) is 24.0 Å². The summed E-state index contributed by atoms with van der Waals surface area (Å²) in [6.07, 6.45) is 0. The summed E-state index contributed by atoms with van der Waals surface area (Å²) in [7, 11) is 1.30. The normalized spacial score (nSPS) is 10.5. The molecule has 2 aromatic rings. The van der Waals surface area contributed by atoms with E-state index in [0.29, 0.717) is 16.3 Å². The van der Waals surface area contributed by atoms with Gasteiger partial charge in [-0.25, -0.2) is 9.78 Å². The average molecular weight is 304 g/mol. The number of para-hydroxylation sites is 1. The second kappa shape index (κ2) is 6.49. The van der Waals surface area contributed by atoms with E-state index in [0.717, 1.165) is 5.69 Å². The number of ether oxygens (including phenoxy) is 1. The number of aromatic nitrogens is 1. The summed E-state index contributed by atoms with van der Waals surface area (Å²) in [5, 5.41) is 4.94. The number of thiazole rings is 1. The van der Waals surface area contributed by atoms with Crippen LogP contribution in [0.15, 0.2) is 29.6 Å². The predicted octanol–water partition coefficient (Wildman–Crippen LogP) is 3.31. The number of carbonyl (C=O) groups is 2. The first-order valence-corrected chi connectivity index (χ1v) is 7.35. The Morgan fingerprint density at radius 1 is 1.29 bits per heavy atom. The van der Waals surface area contributed by atoms with Gasteiger partial charge in [-0.2, -0.15) is 0 Å². The molecule has 1 heterocycles. The molecule has 0 aliphatic carbocycles. The topological polar surface area (TPSA) is 68.3 Å². The minimum absolute atomic E-state index is 0.269. The van der Waals surface area contributed by atoms with Gasteiger partial charge >= 0.3 is 5.97 Å². The van der Waals surface area contributed by atoms with E-state index >= 15 is 0 Å². The Hall–Kier alpha value is -2.21. The van der Waals surface area contributed by atoms with Gasteiger partial charge in [0.1, 0.15) is 0 Å². The standard InChI is InChI=1S/C15H16N2O3S/c1-9(2)12-8-21-14(17-12)13(18)16-11-7-5-4-6-10(11)15(19)20-3/h4-9H,1-3H3,(H,16,18). The number of nitrogens with zero attached hydrogens (tertiary/aromatic N) is 1. The Labute approximate surface area is 127 Å². The molecule has 5 nitrogen and oxygen atoms in total. The summed E-state index contributed by atoms with van der Waals surface area (Å²) < 4.78 is 4.70. The van der Waals surface area contributed by atoms with Gasteiger partial charge in [0.25, 0.3) is 5.91 Å². The Bertz CT molecular complexity index is 664. The number of hydrogen-bond donors (Lipinski definition) is 1. The third kappa shape index (κ3) is 3.46. The van der Waals surface area contributed by atoms with Crippen molar-refractivity contribution in [3.05, 3.63) is 45.9 Å². The molecule has 6 heteroatoms. The van der Waals surface area contributed by atoms with E-state index in [2.05, 4.69) is 10.3 Å². The highest BCUT2D eigenvalue weighted by Crippen LogP contribution is 2.21. The van der Waals surface area contributed by atoms with Gasteiger partial charge in [0.15, 0.2) is 5.01 Å². The number of methoxy groups -OCH3 is 1. The average Bonchev–Trinajstić information content (AvgIpc) is 2.97. The van der Waals surface area contributed by atoms with Gasteiger partial charge in [-0.1, -0.05) is 26.0 Å². The van der Waals surface area contributed by atoms with Crippen molar-refractivity contribution in [2.45, 2.75) is 19.8 Å². The van der Waals surface area contributed by atoms with Crippen LogP contribution >= 0.6 is 11.3 Å². The Morgan fingerprint density at radius 3 is 2.62 bits per heavy atom. The summed E-state index contributed by atoms with van der Waals surface area (Å²) in [6.45, 7) is 4.03. The second-order valence-electron chi connectivity index (χ2n) is 4.72. The van der Waals surface area contributed by atoms with Crippen LogP contribution in [0.3, 0.4) is 0 Å². The molecule has 1 amide bonds. The van der Waals surface area contributed by atoms with E-state index < -0.39 is 5.97 Å². The van der Waals surface area contributed by atoms with Crippen molar-refractivity contribution in [3.63, 3.8) is 0 Å². The highest BCUT2D eigenvalue weighted by molar-refractivity contribution is 7.11. The van der Waals surface area contributed by atoms with Crippen LogP contribution in [0.1, 0.15) is 45.6 Å². The molecule has 1 aromatic heterocycles. The lowest BCUT2D eigenvalue weighted by atomic mass is 10.1. The van der Waals surface area contributed by atoms with Crippen LogP contribution in [0.25, 0.3) is 0 Å². The first kappa shape index (κ1) is 15.2. The minimum atomic E-state index is -0.493. The zero-order valence-corrected chi connectivity index (χ0v) is 12.9. The maximum absolute atomic E-state index is 12.2. The molecule has 1 aromatic carbocycles. The van der Waals surface area contributed by atoms with E-state index in [9.17, 15) is 9.59 Å². The van der Waals surface area contributed by atoms with Gasteiger partial charge in [-0.3, -0.25) is 4.79 Å². The number of amides is 1. The van der Waals surface area contributed by atoms with Crippen LogP contribution < -0.4 is 5.32 Å². The van der Waals surface area contributed by atoms with E-state index in [1.807, 2.05) is 19.2 Å². The monoisotopic (exact) mass is 304 g/mol. The van der Waals surface area contributed by atoms with Crippen LogP contribution in [0.4, 0.5) is 5.69 Å². The third-order valence-corrected chi connectivity index (χ3v) is 3.75. The SMILES string of the molecule is COC(=O)c1ccccc1NC(=O)c1nc(C(C)C)cs1. The molecule has 0 saturated carbocycles. The first-order valence-electron chi connectivity index (χ1n) is 6.47. The summed E-state index contributed by atoms with van der Waals surface area (Å²) >= 11 is 1.29. The highest BCUT2D eigenvalue weighted by Gasteiger charge is 2.17. The Balaban J connectivity index is 2.21.